The van der Waals surface area contributed by atoms with Gasteiger partial charge in [-0.2, -0.15) is 0 Å². The highest BCUT2D eigenvalue weighted by atomic mass is 16.5. The average Bonchev–Trinajstić information content (AvgIpc) is 3.20. The van der Waals surface area contributed by atoms with E-state index in [9.17, 15) is 0 Å². The molecule has 0 atom stereocenters. The molecule has 0 aliphatic heterocycles. The lowest BCUT2D eigenvalue weighted by molar-refractivity contribution is 0.129. The van der Waals surface area contributed by atoms with E-state index in [2.05, 4.69) is 109 Å². The van der Waals surface area contributed by atoms with E-state index in [-0.39, 0.29) is 0 Å². The first kappa shape index (κ1) is 22.4. The minimum atomic E-state index is 0.840. The smallest absolute Gasteiger partial charge is 0.0541 e. The Hall–Kier alpha value is -3.36. The molecule has 0 bridgehead atoms. The molecule has 0 saturated heterocycles. The second-order valence-corrected chi connectivity index (χ2v) is 9.19. The second kappa shape index (κ2) is 10.3. The van der Waals surface area contributed by atoms with Crippen molar-refractivity contribution >= 4 is 21.8 Å². The molecular formula is C32H33NO. The zero-order chi connectivity index (χ0) is 23.3. The van der Waals surface area contributed by atoms with Crippen LogP contribution < -0.4 is 0 Å². The number of hydrogen-bond donors (Lipinski definition) is 0. The lowest BCUT2D eigenvalue weighted by Crippen LogP contribution is -1.98. The molecule has 1 aromatic heterocycles. The lowest BCUT2D eigenvalue weighted by Gasteiger charge is -2.10. The van der Waals surface area contributed by atoms with Gasteiger partial charge in [-0.3, -0.25) is 0 Å². The molecule has 0 amide bonds. The van der Waals surface area contributed by atoms with E-state index in [1.807, 2.05) is 0 Å². The molecule has 0 aliphatic carbocycles. The number of para-hydroxylation sites is 1. The second-order valence-electron chi connectivity index (χ2n) is 9.19. The summed E-state index contributed by atoms with van der Waals surface area (Å²) in [4.78, 5) is 0. The van der Waals surface area contributed by atoms with E-state index in [1.54, 1.807) is 0 Å². The standard InChI is InChI=1S/C32H33NO/c1-3-4-21-34-22-7-8-25-13-20-32-30(23-25)29-9-5-6-10-31(29)33(32)28-18-16-27(17-19-28)26-14-11-24(2)12-15-26/h5-6,9-20,23H,3-4,7-8,21-22H2,1-2H3. The predicted octanol–water partition coefficient (Wildman–Crippen LogP) is 8.51. The monoisotopic (exact) mass is 447 g/mol. The van der Waals surface area contributed by atoms with Gasteiger partial charge in [-0.15, -0.1) is 0 Å². The summed E-state index contributed by atoms with van der Waals surface area (Å²) in [5.74, 6) is 0. The molecule has 0 N–H and O–H groups in total. The van der Waals surface area contributed by atoms with Gasteiger partial charge >= 0.3 is 0 Å². The molecule has 5 aromatic rings. The van der Waals surface area contributed by atoms with Crippen molar-refractivity contribution < 1.29 is 4.74 Å². The van der Waals surface area contributed by atoms with Crippen LogP contribution in [0.25, 0.3) is 38.6 Å². The quantitative estimate of drug-likeness (QED) is 0.207. The van der Waals surface area contributed by atoms with Crippen molar-refractivity contribution in [3.63, 3.8) is 0 Å². The number of nitrogens with zero attached hydrogens (tertiary/aromatic N) is 1. The fraction of sp³-hybridized carbons (Fsp3) is 0.250. The van der Waals surface area contributed by atoms with E-state index in [1.165, 1.54) is 56.2 Å². The summed E-state index contributed by atoms with van der Waals surface area (Å²) in [6.45, 7) is 6.05. The number of unbranched alkanes of at least 4 members (excludes halogenated alkanes) is 1. The number of aromatic nitrogens is 1. The van der Waals surface area contributed by atoms with E-state index in [0.717, 1.165) is 32.5 Å². The molecule has 5 rings (SSSR count). The Balaban J connectivity index is 1.45. The van der Waals surface area contributed by atoms with Crippen LogP contribution in [0.3, 0.4) is 0 Å². The summed E-state index contributed by atoms with van der Waals surface area (Å²) in [6.07, 6.45) is 4.45. The summed E-state index contributed by atoms with van der Waals surface area (Å²) in [6, 6.07) is 33.4. The predicted molar refractivity (Wildman–Crippen MR) is 145 cm³/mol. The maximum atomic E-state index is 5.76. The fourth-order valence-corrected chi connectivity index (χ4v) is 4.73. The van der Waals surface area contributed by atoms with Gasteiger partial charge in [0, 0.05) is 29.7 Å². The van der Waals surface area contributed by atoms with Gasteiger partial charge in [0.15, 0.2) is 0 Å². The normalized spacial score (nSPS) is 11.5. The summed E-state index contributed by atoms with van der Waals surface area (Å²) in [7, 11) is 0. The number of rotatable bonds is 9. The lowest BCUT2D eigenvalue weighted by atomic mass is 10.0. The van der Waals surface area contributed by atoms with E-state index in [0.29, 0.717) is 0 Å². The van der Waals surface area contributed by atoms with Crippen molar-refractivity contribution in [3.8, 4) is 16.8 Å². The first-order valence-corrected chi connectivity index (χ1v) is 12.5. The molecule has 0 saturated carbocycles. The molecule has 0 unspecified atom stereocenters. The van der Waals surface area contributed by atoms with Gasteiger partial charge in [0.2, 0.25) is 0 Å². The largest absolute Gasteiger partial charge is 0.381 e. The molecule has 0 radical (unpaired) electrons. The van der Waals surface area contributed by atoms with Crippen LogP contribution in [0, 0.1) is 6.92 Å². The SMILES string of the molecule is CCCCOCCCc1ccc2c(c1)c1ccccc1n2-c1ccc(-c2ccc(C)cc2)cc1. The van der Waals surface area contributed by atoms with Gasteiger partial charge in [-0.05, 0) is 73.2 Å². The summed E-state index contributed by atoms with van der Waals surface area (Å²) in [5, 5.41) is 2.63. The Morgan fingerprint density at radius 1 is 0.676 bits per heavy atom. The van der Waals surface area contributed by atoms with Gasteiger partial charge in [0.05, 0.1) is 11.0 Å². The summed E-state index contributed by atoms with van der Waals surface area (Å²) in [5.41, 5.74) is 8.86. The third-order valence-electron chi connectivity index (χ3n) is 6.64. The maximum absolute atomic E-state index is 5.76. The average molecular weight is 448 g/mol. The highest BCUT2D eigenvalue weighted by Crippen LogP contribution is 2.33. The molecule has 34 heavy (non-hydrogen) atoms. The highest BCUT2D eigenvalue weighted by molar-refractivity contribution is 6.09. The van der Waals surface area contributed by atoms with Crippen LogP contribution in [0.5, 0.6) is 0 Å². The summed E-state index contributed by atoms with van der Waals surface area (Å²) < 4.78 is 8.15. The molecule has 0 aliphatic rings. The van der Waals surface area contributed by atoms with Gasteiger partial charge in [-0.25, -0.2) is 0 Å². The van der Waals surface area contributed by atoms with Crippen molar-refractivity contribution in [2.75, 3.05) is 13.2 Å². The van der Waals surface area contributed by atoms with Gasteiger partial charge in [-0.1, -0.05) is 79.6 Å². The third kappa shape index (κ3) is 4.64. The van der Waals surface area contributed by atoms with E-state index in [4.69, 9.17) is 4.74 Å². The van der Waals surface area contributed by atoms with Crippen molar-refractivity contribution in [2.45, 2.75) is 39.5 Å². The minimum Gasteiger partial charge on any atom is -0.381 e. The third-order valence-corrected chi connectivity index (χ3v) is 6.64. The number of ether oxygens (including phenoxy) is 1. The summed E-state index contributed by atoms with van der Waals surface area (Å²) >= 11 is 0. The molecule has 0 spiro atoms. The van der Waals surface area contributed by atoms with Crippen molar-refractivity contribution in [3.05, 3.63) is 102 Å². The molecule has 2 heteroatoms. The zero-order valence-electron chi connectivity index (χ0n) is 20.3. The van der Waals surface area contributed by atoms with E-state index >= 15 is 0 Å². The van der Waals surface area contributed by atoms with Crippen LogP contribution in [0.2, 0.25) is 0 Å². The van der Waals surface area contributed by atoms with Gasteiger partial charge in [0.25, 0.3) is 0 Å². The van der Waals surface area contributed by atoms with Crippen molar-refractivity contribution in [1.82, 2.24) is 4.57 Å². The van der Waals surface area contributed by atoms with Crippen molar-refractivity contribution in [2.24, 2.45) is 0 Å². The van der Waals surface area contributed by atoms with Crippen LogP contribution in [-0.2, 0) is 11.2 Å². The van der Waals surface area contributed by atoms with Crippen LogP contribution in [-0.4, -0.2) is 17.8 Å². The van der Waals surface area contributed by atoms with Gasteiger partial charge in [0.1, 0.15) is 0 Å². The number of fused-ring (bicyclic) bond motifs is 3. The maximum Gasteiger partial charge on any atom is 0.0541 e. The molecule has 2 nitrogen and oxygen atoms in total. The van der Waals surface area contributed by atoms with E-state index < -0.39 is 0 Å². The first-order chi connectivity index (χ1) is 16.7. The Morgan fingerprint density at radius 2 is 1.35 bits per heavy atom. The minimum absolute atomic E-state index is 0.840. The molecule has 0 fully saturated rings. The van der Waals surface area contributed by atoms with Crippen molar-refractivity contribution in [1.29, 1.82) is 0 Å². The van der Waals surface area contributed by atoms with Crippen LogP contribution in [0.4, 0.5) is 0 Å². The molecule has 4 aromatic carbocycles. The Labute approximate surface area is 202 Å². The fourth-order valence-electron chi connectivity index (χ4n) is 4.73. The zero-order valence-corrected chi connectivity index (χ0v) is 20.3. The van der Waals surface area contributed by atoms with Gasteiger partial charge < -0.3 is 9.30 Å². The molecule has 172 valence electrons. The van der Waals surface area contributed by atoms with Crippen LogP contribution in [0.15, 0.2) is 91.0 Å². The first-order valence-electron chi connectivity index (χ1n) is 12.5. The van der Waals surface area contributed by atoms with Crippen LogP contribution >= 0.6 is 0 Å². The number of benzene rings is 4. The Kier molecular flexibility index (Phi) is 6.78. The highest BCUT2D eigenvalue weighted by Gasteiger charge is 2.12. The Bertz CT molecular complexity index is 1380. The Morgan fingerprint density at radius 3 is 2.12 bits per heavy atom. The number of aryl methyl sites for hydroxylation is 2. The molecular weight excluding hydrogens is 414 g/mol. The van der Waals surface area contributed by atoms with Crippen LogP contribution in [0.1, 0.15) is 37.3 Å². The molecule has 1 heterocycles. The number of hydrogen-bond acceptors (Lipinski definition) is 1. The topological polar surface area (TPSA) is 14.2 Å².